The molecular formula is C23H26N2O4. The molecule has 3 rings (SSSR count). The first-order valence-corrected chi connectivity index (χ1v) is 9.69. The number of hydrogen-bond donors (Lipinski definition) is 2. The molecule has 2 aromatic carbocycles. The van der Waals surface area contributed by atoms with Gasteiger partial charge in [-0.2, -0.15) is 0 Å². The van der Waals surface area contributed by atoms with Crippen molar-refractivity contribution in [2.24, 2.45) is 5.73 Å². The molecule has 1 aliphatic heterocycles. The molecule has 0 bridgehead atoms. The molecule has 2 aromatic rings. The summed E-state index contributed by atoms with van der Waals surface area (Å²) in [5.41, 5.74) is 9.15. The van der Waals surface area contributed by atoms with Gasteiger partial charge in [-0.15, -0.1) is 0 Å². The van der Waals surface area contributed by atoms with Crippen molar-refractivity contribution in [1.29, 1.82) is 5.41 Å². The highest BCUT2D eigenvalue weighted by atomic mass is 16.5. The molecule has 0 saturated carbocycles. The van der Waals surface area contributed by atoms with Gasteiger partial charge in [-0.1, -0.05) is 24.3 Å². The maximum absolute atomic E-state index is 11.6. The molecule has 0 aromatic heterocycles. The maximum atomic E-state index is 11.6. The number of hydrogen-bond acceptors (Lipinski definition) is 5. The molecular weight excluding hydrogens is 368 g/mol. The Morgan fingerprint density at radius 3 is 2.66 bits per heavy atom. The fourth-order valence-corrected chi connectivity index (χ4v) is 3.12. The van der Waals surface area contributed by atoms with Gasteiger partial charge in [-0.25, -0.2) is 0 Å². The topological polar surface area (TPSA) is 94.6 Å². The van der Waals surface area contributed by atoms with E-state index in [1.54, 1.807) is 6.92 Å². The van der Waals surface area contributed by atoms with Crippen molar-refractivity contribution < 1.29 is 19.0 Å². The number of esters is 1. The van der Waals surface area contributed by atoms with Crippen LogP contribution in [0.5, 0.6) is 11.5 Å². The quantitative estimate of drug-likeness (QED) is 0.400. The van der Waals surface area contributed by atoms with Crippen molar-refractivity contribution in [3.8, 4) is 11.5 Å². The molecule has 0 radical (unpaired) electrons. The number of carbonyl (C=O) groups excluding carboxylic acids is 1. The van der Waals surface area contributed by atoms with Gasteiger partial charge in [0.15, 0.2) is 0 Å². The van der Waals surface area contributed by atoms with E-state index in [1.165, 1.54) is 0 Å². The monoisotopic (exact) mass is 394 g/mol. The predicted octanol–water partition coefficient (Wildman–Crippen LogP) is 4.06. The largest absolute Gasteiger partial charge is 0.489 e. The van der Waals surface area contributed by atoms with Gasteiger partial charge in [0.05, 0.1) is 6.61 Å². The van der Waals surface area contributed by atoms with E-state index in [0.29, 0.717) is 31.6 Å². The van der Waals surface area contributed by atoms with Crippen LogP contribution in [0.25, 0.3) is 6.08 Å². The molecule has 1 aliphatic rings. The van der Waals surface area contributed by atoms with Gasteiger partial charge < -0.3 is 19.9 Å². The van der Waals surface area contributed by atoms with E-state index in [1.807, 2.05) is 49.4 Å². The highest BCUT2D eigenvalue weighted by Crippen LogP contribution is 2.34. The number of carbonyl (C=O) groups is 1. The first-order valence-electron chi connectivity index (χ1n) is 9.69. The summed E-state index contributed by atoms with van der Waals surface area (Å²) in [5.74, 6) is 1.39. The first kappa shape index (κ1) is 20.5. The molecule has 1 atom stereocenters. The molecule has 3 N–H and O–H groups in total. The van der Waals surface area contributed by atoms with Gasteiger partial charge in [0.2, 0.25) is 0 Å². The number of rotatable bonds is 8. The smallest absolute Gasteiger partial charge is 0.306 e. The standard InChI is InChI=1S/C23H26N2O4/c1-3-27-22(26)11-8-18-12-19-13-20(9-10-21(19)29-15(18)2)28-14-16-4-6-17(7-5-16)23(24)25/h4-7,9-10,12-13,15H,3,8,11,14H2,1-2H3,(H3,24,25). The van der Waals surface area contributed by atoms with Crippen LogP contribution in [0.1, 0.15) is 43.4 Å². The SMILES string of the molecule is CCOC(=O)CCC1=Cc2cc(OCc3ccc(C(=N)N)cc3)ccc2OC1C. The third kappa shape index (κ3) is 5.38. The van der Waals surface area contributed by atoms with E-state index in [2.05, 4.69) is 6.08 Å². The van der Waals surface area contributed by atoms with Crippen LogP contribution in [-0.4, -0.2) is 24.5 Å². The van der Waals surface area contributed by atoms with Crippen molar-refractivity contribution in [1.82, 2.24) is 0 Å². The average molecular weight is 394 g/mol. The van der Waals surface area contributed by atoms with Crippen molar-refractivity contribution in [2.75, 3.05) is 6.61 Å². The molecule has 0 amide bonds. The van der Waals surface area contributed by atoms with E-state index in [9.17, 15) is 4.79 Å². The van der Waals surface area contributed by atoms with Crippen LogP contribution in [0.4, 0.5) is 0 Å². The Kier molecular flexibility index (Phi) is 6.54. The van der Waals surface area contributed by atoms with E-state index in [4.69, 9.17) is 25.4 Å². The summed E-state index contributed by atoms with van der Waals surface area (Å²) < 4.78 is 16.9. The zero-order chi connectivity index (χ0) is 20.8. The number of ether oxygens (including phenoxy) is 3. The Balaban J connectivity index is 1.66. The Bertz CT molecular complexity index is 919. The van der Waals surface area contributed by atoms with Crippen molar-refractivity contribution >= 4 is 17.9 Å². The van der Waals surface area contributed by atoms with E-state index >= 15 is 0 Å². The Hall–Kier alpha value is -3.28. The van der Waals surface area contributed by atoms with Crippen molar-refractivity contribution in [3.05, 3.63) is 64.7 Å². The van der Waals surface area contributed by atoms with Crippen molar-refractivity contribution in [2.45, 2.75) is 39.4 Å². The molecule has 0 aliphatic carbocycles. The normalized spacial score (nSPS) is 15.0. The van der Waals surface area contributed by atoms with Crippen LogP contribution in [0.15, 0.2) is 48.0 Å². The summed E-state index contributed by atoms with van der Waals surface area (Å²) in [6, 6.07) is 13.1. The minimum atomic E-state index is -0.195. The molecule has 0 spiro atoms. The average Bonchev–Trinajstić information content (AvgIpc) is 2.71. The Labute approximate surface area is 170 Å². The zero-order valence-corrected chi connectivity index (χ0v) is 16.7. The molecule has 6 nitrogen and oxygen atoms in total. The Morgan fingerprint density at radius 1 is 1.21 bits per heavy atom. The third-order valence-electron chi connectivity index (χ3n) is 4.74. The van der Waals surface area contributed by atoms with E-state index in [0.717, 1.165) is 28.2 Å². The lowest BCUT2D eigenvalue weighted by Gasteiger charge is -2.25. The van der Waals surface area contributed by atoms with Crippen LogP contribution in [0.3, 0.4) is 0 Å². The summed E-state index contributed by atoms with van der Waals surface area (Å²) in [6.45, 7) is 4.59. The van der Waals surface area contributed by atoms with Gasteiger partial charge in [0.25, 0.3) is 0 Å². The summed E-state index contributed by atoms with van der Waals surface area (Å²) >= 11 is 0. The highest BCUT2D eigenvalue weighted by molar-refractivity contribution is 5.94. The third-order valence-corrected chi connectivity index (χ3v) is 4.74. The maximum Gasteiger partial charge on any atom is 0.306 e. The van der Waals surface area contributed by atoms with Gasteiger partial charge in [0, 0.05) is 17.5 Å². The molecule has 152 valence electrons. The van der Waals surface area contributed by atoms with Gasteiger partial charge in [-0.05, 0) is 55.7 Å². The summed E-state index contributed by atoms with van der Waals surface area (Å²) in [6.07, 6.45) is 2.93. The van der Waals surface area contributed by atoms with Crippen LogP contribution < -0.4 is 15.2 Å². The number of fused-ring (bicyclic) bond motifs is 1. The Morgan fingerprint density at radius 2 is 1.97 bits per heavy atom. The zero-order valence-electron chi connectivity index (χ0n) is 16.7. The number of benzene rings is 2. The minimum Gasteiger partial charge on any atom is -0.489 e. The fourth-order valence-electron chi connectivity index (χ4n) is 3.12. The number of nitrogens with one attached hydrogen (secondary N) is 1. The number of nitrogens with two attached hydrogens (primary N) is 1. The van der Waals surface area contributed by atoms with Crippen molar-refractivity contribution in [3.63, 3.8) is 0 Å². The summed E-state index contributed by atoms with van der Waals surface area (Å²) in [4.78, 5) is 11.6. The molecule has 6 heteroatoms. The van der Waals surface area contributed by atoms with Crippen LogP contribution >= 0.6 is 0 Å². The summed E-state index contributed by atoms with van der Waals surface area (Å²) in [7, 11) is 0. The number of amidine groups is 1. The molecule has 1 unspecified atom stereocenters. The minimum absolute atomic E-state index is 0.0481. The van der Waals surface area contributed by atoms with Crippen LogP contribution in [-0.2, 0) is 16.1 Å². The van der Waals surface area contributed by atoms with Crippen LogP contribution in [0, 0.1) is 5.41 Å². The second-order valence-electron chi connectivity index (χ2n) is 6.88. The van der Waals surface area contributed by atoms with Gasteiger partial charge in [0.1, 0.15) is 30.0 Å². The summed E-state index contributed by atoms with van der Waals surface area (Å²) in [5, 5.41) is 7.44. The van der Waals surface area contributed by atoms with E-state index in [-0.39, 0.29) is 17.9 Å². The highest BCUT2D eigenvalue weighted by Gasteiger charge is 2.20. The lowest BCUT2D eigenvalue weighted by atomic mass is 9.98. The first-order chi connectivity index (χ1) is 14.0. The fraction of sp³-hybridized carbons (Fsp3) is 0.304. The number of nitrogen functional groups attached to an aromatic ring is 1. The molecule has 29 heavy (non-hydrogen) atoms. The van der Waals surface area contributed by atoms with Gasteiger partial charge >= 0.3 is 5.97 Å². The van der Waals surface area contributed by atoms with Gasteiger partial charge in [-0.3, -0.25) is 10.2 Å². The van der Waals surface area contributed by atoms with E-state index < -0.39 is 0 Å². The second-order valence-corrected chi connectivity index (χ2v) is 6.88. The second kappa shape index (κ2) is 9.28. The molecule has 0 saturated heterocycles. The lowest BCUT2D eigenvalue weighted by Crippen LogP contribution is -2.20. The molecule has 0 fully saturated rings. The predicted molar refractivity (Wildman–Crippen MR) is 112 cm³/mol. The van der Waals surface area contributed by atoms with Crippen LogP contribution in [0.2, 0.25) is 0 Å². The molecule has 1 heterocycles. The lowest BCUT2D eigenvalue weighted by molar-refractivity contribution is -0.143.